The van der Waals surface area contributed by atoms with Crippen molar-refractivity contribution < 1.29 is 0 Å². The molecule has 0 spiro atoms. The van der Waals surface area contributed by atoms with Gasteiger partial charge in [0, 0.05) is 44.1 Å². The Balaban J connectivity index is 0.877. The molecular weight excluding hydrogens is 849 g/mol. The smallest absolute Gasteiger partial charge is 0.164 e. The second-order valence-corrected chi connectivity index (χ2v) is 18.8. The fourth-order valence-electron chi connectivity index (χ4n) is 10.7. The number of rotatable bonds is 8. The number of para-hydroxylation sites is 2. The molecule has 12 aromatic rings. The van der Waals surface area contributed by atoms with Crippen LogP contribution in [0.25, 0.3) is 117 Å². The molecule has 0 unspecified atom stereocenters. The number of nitrogens with zero attached hydrogens (tertiary/aromatic N) is 4. The molecule has 1 aliphatic carbocycles. The molecule has 0 fully saturated rings. The number of benzene rings is 10. The number of hydrogen-bond donors (Lipinski definition) is 0. The summed E-state index contributed by atoms with van der Waals surface area (Å²) in [7, 11) is 0. The van der Waals surface area contributed by atoms with E-state index in [1.807, 2.05) is 12.1 Å². The average molecular weight is 895 g/mol. The maximum absolute atomic E-state index is 5.15. The first-order valence-electron chi connectivity index (χ1n) is 24.0. The van der Waals surface area contributed by atoms with Crippen LogP contribution in [0.5, 0.6) is 0 Å². The lowest BCUT2D eigenvalue weighted by Crippen LogP contribution is -2.14. The van der Waals surface area contributed by atoms with Crippen LogP contribution in [0.4, 0.5) is 0 Å². The lowest BCUT2D eigenvalue weighted by atomic mass is 9.81. The Labute approximate surface area is 407 Å². The summed E-state index contributed by atoms with van der Waals surface area (Å²) in [6.07, 6.45) is 0. The van der Waals surface area contributed by atoms with E-state index in [0.717, 1.165) is 39.0 Å². The van der Waals surface area contributed by atoms with Gasteiger partial charge in [0.05, 0.1) is 11.0 Å². The summed E-state index contributed by atoms with van der Waals surface area (Å²) >= 11 is 0. The van der Waals surface area contributed by atoms with Crippen LogP contribution in [0.2, 0.25) is 0 Å². The number of hydrogen-bond acceptors (Lipinski definition) is 3. The van der Waals surface area contributed by atoms with Crippen molar-refractivity contribution in [1.29, 1.82) is 0 Å². The van der Waals surface area contributed by atoms with E-state index in [2.05, 4.69) is 249 Å². The Hall–Kier alpha value is -8.99. The van der Waals surface area contributed by atoms with E-state index >= 15 is 0 Å². The van der Waals surface area contributed by atoms with E-state index in [1.54, 1.807) is 0 Å². The molecule has 0 bridgehead atoms. The second-order valence-electron chi connectivity index (χ2n) is 18.8. The SMILES string of the molecule is CC1(C)c2ccccc2-c2ccc(-c3ccc(-c4cccc5c6ccccc6n(-c6ccc(-c7nc(-c8ccc(-c9ccccc9)cc8)nc(-c8ccc(-c9ccccc9)cc8)n7)cc6)c45)cc3)cc21. The molecule has 10 aromatic carbocycles. The summed E-state index contributed by atoms with van der Waals surface area (Å²) in [5.74, 6) is 1.87. The molecule has 0 aliphatic heterocycles. The van der Waals surface area contributed by atoms with Gasteiger partial charge < -0.3 is 4.57 Å². The first-order chi connectivity index (χ1) is 34.4. The summed E-state index contributed by atoms with van der Waals surface area (Å²) in [6.45, 7) is 4.69. The van der Waals surface area contributed by atoms with Crippen molar-refractivity contribution in [1.82, 2.24) is 19.5 Å². The predicted octanol–water partition coefficient (Wildman–Crippen LogP) is 16.9. The van der Waals surface area contributed by atoms with Crippen LogP contribution in [-0.4, -0.2) is 19.5 Å². The summed E-state index contributed by atoms with van der Waals surface area (Å²) in [4.78, 5) is 15.4. The van der Waals surface area contributed by atoms with Gasteiger partial charge in [0.25, 0.3) is 0 Å². The molecule has 70 heavy (non-hydrogen) atoms. The van der Waals surface area contributed by atoms with Crippen molar-refractivity contribution in [3.05, 3.63) is 254 Å². The van der Waals surface area contributed by atoms with Gasteiger partial charge >= 0.3 is 0 Å². The molecule has 13 rings (SSSR count). The minimum Gasteiger partial charge on any atom is -0.309 e. The van der Waals surface area contributed by atoms with E-state index in [1.165, 1.54) is 71.9 Å². The molecule has 0 atom stereocenters. The lowest BCUT2D eigenvalue weighted by Gasteiger charge is -2.22. The minimum atomic E-state index is -0.0495. The van der Waals surface area contributed by atoms with E-state index in [0.29, 0.717) is 17.5 Å². The highest BCUT2D eigenvalue weighted by atomic mass is 15.0. The highest BCUT2D eigenvalue weighted by molar-refractivity contribution is 6.13. The van der Waals surface area contributed by atoms with Crippen LogP contribution >= 0.6 is 0 Å². The van der Waals surface area contributed by atoms with Crippen LogP contribution in [0, 0.1) is 0 Å². The Morgan fingerprint density at radius 3 is 1.31 bits per heavy atom. The van der Waals surface area contributed by atoms with Crippen molar-refractivity contribution in [2.45, 2.75) is 19.3 Å². The van der Waals surface area contributed by atoms with Crippen molar-refractivity contribution >= 4 is 21.8 Å². The zero-order chi connectivity index (χ0) is 46.8. The van der Waals surface area contributed by atoms with Gasteiger partial charge in [0.1, 0.15) is 0 Å². The predicted molar refractivity (Wildman–Crippen MR) is 290 cm³/mol. The van der Waals surface area contributed by atoms with Gasteiger partial charge in [-0.15, -0.1) is 0 Å². The number of fused-ring (bicyclic) bond motifs is 6. The summed E-state index contributed by atoms with van der Waals surface area (Å²) in [5.41, 5.74) is 21.0. The quantitative estimate of drug-likeness (QED) is 0.153. The van der Waals surface area contributed by atoms with Gasteiger partial charge in [0.15, 0.2) is 17.5 Å². The van der Waals surface area contributed by atoms with Gasteiger partial charge in [0.2, 0.25) is 0 Å². The van der Waals surface area contributed by atoms with Crippen LogP contribution in [0.15, 0.2) is 243 Å². The third-order valence-electron chi connectivity index (χ3n) is 14.3. The van der Waals surface area contributed by atoms with Crippen molar-refractivity contribution in [2.24, 2.45) is 0 Å². The molecule has 330 valence electrons. The zero-order valence-corrected chi connectivity index (χ0v) is 38.9. The Morgan fingerprint density at radius 1 is 0.300 bits per heavy atom. The second kappa shape index (κ2) is 16.7. The van der Waals surface area contributed by atoms with Gasteiger partial charge in [-0.25, -0.2) is 15.0 Å². The van der Waals surface area contributed by atoms with Gasteiger partial charge in [-0.1, -0.05) is 220 Å². The molecule has 0 radical (unpaired) electrons. The molecule has 0 amide bonds. The molecule has 2 aromatic heterocycles. The highest BCUT2D eigenvalue weighted by Gasteiger charge is 2.35. The first kappa shape index (κ1) is 41.2. The van der Waals surface area contributed by atoms with Crippen LogP contribution in [-0.2, 0) is 5.41 Å². The lowest BCUT2D eigenvalue weighted by molar-refractivity contribution is 0.660. The van der Waals surface area contributed by atoms with Crippen molar-refractivity contribution in [3.8, 4) is 95.5 Å². The van der Waals surface area contributed by atoms with Crippen LogP contribution in [0.1, 0.15) is 25.0 Å². The highest BCUT2D eigenvalue weighted by Crippen LogP contribution is 2.49. The summed E-state index contributed by atoms with van der Waals surface area (Å²) < 4.78 is 2.41. The molecule has 0 saturated heterocycles. The van der Waals surface area contributed by atoms with Crippen molar-refractivity contribution in [2.75, 3.05) is 0 Å². The fraction of sp³-hybridized carbons (Fsp3) is 0.0455. The molecule has 4 heteroatoms. The summed E-state index contributed by atoms with van der Waals surface area (Å²) in [6, 6.07) is 86.9. The molecule has 4 nitrogen and oxygen atoms in total. The van der Waals surface area contributed by atoms with Crippen LogP contribution < -0.4 is 0 Å². The third-order valence-corrected chi connectivity index (χ3v) is 14.3. The van der Waals surface area contributed by atoms with E-state index in [9.17, 15) is 0 Å². The monoisotopic (exact) mass is 894 g/mol. The molecule has 1 aliphatic rings. The number of aromatic nitrogens is 4. The van der Waals surface area contributed by atoms with Gasteiger partial charge in [-0.05, 0) is 97.6 Å². The van der Waals surface area contributed by atoms with E-state index in [-0.39, 0.29) is 5.41 Å². The first-order valence-corrected chi connectivity index (χ1v) is 24.0. The minimum absolute atomic E-state index is 0.0495. The maximum Gasteiger partial charge on any atom is 0.164 e. The Morgan fingerprint density at radius 2 is 0.714 bits per heavy atom. The topological polar surface area (TPSA) is 43.6 Å². The Bertz CT molecular complexity index is 3810. The third kappa shape index (κ3) is 7.03. The normalized spacial score (nSPS) is 12.5. The van der Waals surface area contributed by atoms with Gasteiger partial charge in [-0.3, -0.25) is 0 Å². The van der Waals surface area contributed by atoms with Crippen molar-refractivity contribution in [3.63, 3.8) is 0 Å². The molecule has 0 saturated carbocycles. The maximum atomic E-state index is 5.15. The van der Waals surface area contributed by atoms with E-state index in [4.69, 9.17) is 15.0 Å². The molecule has 0 N–H and O–H groups in total. The van der Waals surface area contributed by atoms with Gasteiger partial charge in [-0.2, -0.15) is 0 Å². The zero-order valence-electron chi connectivity index (χ0n) is 38.9. The standard InChI is InChI=1S/C66H46N4/c1-66(2)59-22-11-9-18-55(59)56-41-38-52(42-60(56)66)47-24-30-48(31-25-47)54-20-13-21-58-57-19-10-12-23-61(57)70(62(54)58)53-39-36-51(37-40-53)65-68-63(49-32-26-45(27-33-49)43-14-5-3-6-15-43)67-64(69-65)50-34-28-46(29-35-50)44-16-7-4-8-17-44/h3-42H,1-2H3. The summed E-state index contributed by atoms with van der Waals surface area (Å²) in [5, 5.41) is 2.43. The fourth-order valence-corrected chi connectivity index (χ4v) is 10.7. The average Bonchev–Trinajstić information content (AvgIpc) is 3.89. The molecule has 2 heterocycles. The Kier molecular flexibility index (Phi) is 9.81. The largest absolute Gasteiger partial charge is 0.309 e. The molecular formula is C66H46N4. The van der Waals surface area contributed by atoms with E-state index < -0.39 is 0 Å². The van der Waals surface area contributed by atoms with Crippen LogP contribution in [0.3, 0.4) is 0 Å².